The largest absolute Gasteiger partial charge is 0.354 e. The third-order valence-electron chi connectivity index (χ3n) is 3.79. The minimum Gasteiger partial charge on any atom is -0.354 e. The number of amides is 1. The number of likely N-dealkylation sites (tertiary alicyclic amines) is 1. The summed E-state index contributed by atoms with van der Waals surface area (Å²) in [4.78, 5) is 18.6. The van der Waals surface area contributed by atoms with Gasteiger partial charge in [-0.05, 0) is 19.4 Å². The first-order valence-corrected chi connectivity index (χ1v) is 7.70. The first-order chi connectivity index (χ1) is 8.78. The molecule has 0 radical (unpaired) electrons. The Morgan fingerprint density at radius 3 is 3.28 bits per heavy atom. The van der Waals surface area contributed by atoms with Crippen LogP contribution in [0, 0.1) is 5.92 Å². The third kappa shape index (κ3) is 2.27. The van der Waals surface area contributed by atoms with Crippen molar-refractivity contribution in [3.63, 3.8) is 0 Å². The molecule has 0 spiro atoms. The Labute approximate surface area is 115 Å². The number of rotatable bonds is 3. The Kier molecular flexibility index (Phi) is 3.54. The lowest BCUT2D eigenvalue weighted by molar-refractivity contribution is -0.124. The van der Waals surface area contributed by atoms with Gasteiger partial charge in [0.25, 0.3) is 0 Å². The molecule has 1 amide bonds. The zero-order chi connectivity index (χ0) is 12.5. The number of halogens is 1. The van der Waals surface area contributed by atoms with Gasteiger partial charge in [-0.1, -0.05) is 0 Å². The van der Waals surface area contributed by atoms with Crippen LogP contribution in [0.4, 0.5) is 0 Å². The molecule has 1 aromatic heterocycles. The fraction of sp³-hybridized carbons (Fsp3) is 0.667. The number of carbonyl (C=O) groups is 1. The molecule has 0 aromatic carbocycles. The molecule has 6 heteroatoms. The van der Waals surface area contributed by atoms with Crippen LogP contribution >= 0.6 is 22.9 Å². The normalized spacial score (nSPS) is 28.2. The van der Waals surface area contributed by atoms with Gasteiger partial charge in [-0.2, -0.15) is 0 Å². The third-order valence-corrected chi connectivity index (χ3v) is 4.95. The highest BCUT2D eigenvalue weighted by molar-refractivity contribution is 7.09. The molecule has 2 aliphatic heterocycles. The lowest BCUT2D eigenvalue weighted by Gasteiger charge is -2.35. The number of piperidine rings is 1. The standard InChI is InChI=1S/C12H16ClN3OS/c13-4-8-7-18-11(15-8)6-16-3-1-2-9-10(16)5-14-12(9)17/h7,9-10H,1-6H2,(H,14,17). The van der Waals surface area contributed by atoms with Crippen LogP contribution in [-0.2, 0) is 17.2 Å². The van der Waals surface area contributed by atoms with Crippen molar-refractivity contribution in [3.8, 4) is 0 Å². The van der Waals surface area contributed by atoms with E-state index in [4.69, 9.17) is 11.6 Å². The molecule has 18 heavy (non-hydrogen) atoms. The summed E-state index contributed by atoms with van der Waals surface area (Å²) >= 11 is 7.43. The average molecular weight is 286 g/mol. The lowest BCUT2D eigenvalue weighted by atomic mass is 9.91. The number of thiazole rings is 1. The number of fused-ring (bicyclic) bond motifs is 1. The fourth-order valence-electron chi connectivity index (χ4n) is 2.89. The van der Waals surface area contributed by atoms with E-state index in [1.807, 2.05) is 5.38 Å². The second-order valence-corrected chi connectivity index (χ2v) is 6.11. The van der Waals surface area contributed by atoms with Gasteiger partial charge < -0.3 is 5.32 Å². The van der Waals surface area contributed by atoms with Gasteiger partial charge in [0.05, 0.1) is 24.0 Å². The van der Waals surface area contributed by atoms with Crippen molar-refractivity contribution in [1.82, 2.24) is 15.2 Å². The Morgan fingerprint density at radius 1 is 1.61 bits per heavy atom. The molecule has 0 bridgehead atoms. The van der Waals surface area contributed by atoms with E-state index < -0.39 is 0 Å². The van der Waals surface area contributed by atoms with E-state index >= 15 is 0 Å². The monoisotopic (exact) mass is 285 g/mol. The molecule has 2 saturated heterocycles. The highest BCUT2D eigenvalue weighted by Crippen LogP contribution is 2.29. The van der Waals surface area contributed by atoms with Crippen LogP contribution < -0.4 is 5.32 Å². The summed E-state index contributed by atoms with van der Waals surface area (Å²) in [5.74, 6) is 0.888. The smallest absolute Gasteiger partial charge is 0.224 e. The van der Waals surface area contributed by atoms with Crippen molar-refractivity contribution < 1.29 is 4.79 Å². The number of aromatic nitrogens is 1. The molecule has 1 aromatic rings. The fourth-order valence-corrected chi connectivity index (χ4v) is 3.94. The maximum Gasteiger partial charge on any atom is 0.224 e. The predicted molar refractivity (Wildman–Crippen MR) is 71.6 cm³/mol. The van der Waals surface area contributed by atoms with E-state index in [0.717, 1.165) is 43.2 Å². The van der Waals surface area contributed by atoms with Gasteiger partial charge in [0.15, 0.2) is 0 Å². The van der Waals surface area contributed by atoms with Crippen LogP contribution in [0.3, 0.4) is 0 Å². The summed E-state index contributed by atoms with van der Waals surface area (Å²) in [6.07, 6.45) is 2.13. The summed E-state index contributed by atoms with van der Waals surface area (Å²) in [7, 11) is 0. The van der Waals surface area contributed by atoms with Crippen molar-refractivity contribution >= 4 is 28.8 Å². The Balaban J connectivity index is 1.70. The Hall–Kier alpha value is -0.650. The van der Waals surface area contributed by atoms with Gasteiger partial charge in [0, 0.05) is 18.0 Å². The summed E-state index contributed by atoms with van der Waals surface area (Å²) < 4.78 is 0. The molecule has 4 nitrogen and oxygen atoms in total. The molecule has 0 saturated carbocycles. The number of alkyl halides is 1. The Bertz CT molecular complexity index is 450. The van der Waals surface area contributed by atoms with Gasteiger partial charge >= 0.3 is 0 Å². The van der Waals surface area contributed by atoms with Gasteiger partial charge in [0.1, 0.15) is 5.01 Å². The molecule has 1 N–H and O–H groups in total. The van der Waals surface area contributed by atoms with E-state index in [0.29, 0.717) is 11.9 Å². The molecule has 2 unspecified atom stereocenters. The van der Waals surface area contributed by atoms with E-state index in [9.17, 15) is 4.79 Å². The average Bonchev–Trinajstić information content (AvgIpc) is 2.98. The van der Waals surface area contributed by atoms with Gasteiger partial charge in [-0.15, -0.1) is 22.9 Å². The molecule has 98 valence electrons. The maximum absolute atomic E-state index is 11.7. The summed E-state index contributed by atoms with van der Waals surface area (Å²) in [6, 6.07) is 0.356. The number of hydrogen-bond acceptors (Lipinski definition) is 4. The van der Waals surface area contributed by atoms with Crippen LogP contribution in [0.2, 0.25) is 0 Å². The second-order valence-electron chi connectivity index (χ2n) is 4.90. The first-order valence-electron chi connectivity index (χ1n) is 6.29. The minimum atomic E-state index is 0.186. The molecule has 3 rings (SSSR count). The molecule has 3 heterocycles. The quantitative estimate of drug-likeness (QED) is 0.858. The lowest BCUT2D eigenvalue weighted by Crippen LogP contribution is -2.44. The summed E-state index contributed by atoms with van der Waals surface area (Å²) in [5, 5.41) is 6.09. The van der Waals surface area contributed by atoms with Crippen molar-refractivity contribution in [2.45, 2.75) is 31.3 Å². The topological polar surface area (TPSA) is 45.2 Å². The van der Waals surface area contributed by atoms with Crippen molar-refractivity contribution in [2.24, 2.45) is 5.92 Å². The van der Waals surface area contributed by atoms with Crippen LogP contribution in [0.5, 0.6) is 0 Å². The molecule has 2 atom stereocenters. The van der Waals surface area contributed by atoms with E-state index in [1.165, 1.54) is 0 Å². The van der Waals surface area contributed by atoms with Crippen molar-refractivity contribution in [3.05, 3.63) is 16.1 Å². The molecule has 2 aliphatic rings. The van der Waals surface area contributed by atoms with Crippen molar-refractivity contribution in [2.75, 3.05) is 13.1 Å². The predicted octanol–water partition coefficient (Wildman–Crippen LogP) is 1.59. The van der Waals surface area contributed by atoms with Gasteiger partial charge in [-0.3, -0.25) is 9.69 Å². The highest BCUT2D eigenvalue weighted by atomic mass is 35.5. The van der Waals surface area contributed by atoms with Crippen molar-refractivity contribution in [1.29, 1.82) is 0 Å². The molecular weight excluding hydrogens is 270 g/mol. The van der Waals surface area contributed by atoms with Crippen LogP contribution in [0.1, 0.15) is 23.5 Å². The van der Waals surface area contributed by atoms with Crippen LogP contribution in [0.15, 0.2) is 5.38 Å². The first kappa shape index (κ1) is 12.4. The summed E-state index contributed by atoms with van der Waals surface area (Å²) in [5.41, 5.74) is 0.950. The maximum atomic E-state index is 11.7. The second kappa shape index (κ2) is 5.15. The SMILES string of the molecule is O=C1NCC2C1CCCN2Cc1nc(CCl)cs1. The molecular formula is C12H16ClN3OS. The zero-order valence-corrected chi connectivity index (χ0v) is 11.6. The van der Waals surface area contributed by atoms with E-state index in [-0.39, 0.29) is 11.8 Å². The summed E-state index contributed by atoms with van der Waals surface area (Å²) in [6.45, 7) is 2.70. The molecule has 2 fully saturated rings. The number of carbonyl (C=O) groups excluding carboxylic acids is 1. The van der Waals surface area contributed by atoms with Crippen LogP contribution in [-0.4, -0.2) is 34.9 Å². The van der Waals surface area contributed by atoms with Gasteiger partial charge in [-0.25, -0.2) is 4.98 Å². The number of hydrogen-bond donors (Lipinski definition) is 1. The number of nitrogens with one attached hydrogen (secondary N) is 1. The zero-order valence-electron chi connectivity index (χ0n) is 10.1. The Morgan fingerprint density at radius 2 is 2.50 bits per heavy atom. The van der Waals surface area contributed by atoms with E-state index in [1.54, 1.807) is 11.3 Å². The van der Waals surface area contributed by atoms with Crippen LogP contribution in [0.25, 0.3) is 0 Å². The molecule has 0 aliphatic carbocycles. The minimum absolute atomic E-state index is 0.186. The number of nitrogens with zero attached hydrogens (tertiary/aromatic N) is 2. The highest BCUT2D eigenvalue weighted by Gasteiger charge is 2.40. The van der Waals surface area contributed by atoms with E-state index in [2.05, 4.69) is 15.2 Å². The van der Waals surface area contributed by atoms with Gasteiger partial charge in [0.2, 0.25) is 5.91 Å².